The Balaban J connectivity index is 1.41. The summed E-state index contributed by atoms with van der Waals surface area (Å²) in [7, 11) is 0. The van der Waals surface area contributed by atoms with E-state index < -0.39 is 17.7 Å². The van der Waals surface area contributed by atoms with Crippen molar-refractivity contribution in [1.82, 2.24) is 15.3 Å². The van der Waals surface area contributed by atoms with Crippen molar-refractivity contribution in [3.05, 3.63) is 119 Å². The first-order valence-corrected chi connectivity index (χ1v) is 14.2. The Morgan fingerprint density at radius 2 is 1.52 bits per heavy atom. The summed E-state index contributed by atoms with van der Waals surface area (Å²) >= 11 is 0. The number of carboxylic acid groups (broad SMARTS) is 1. The first-order chi connectivity index (χ1) is 21.1. The minimum absolute atomic E-state index is 0.00656. The zero-order valence-electron chi connectivity index (χ0n) is 23.9. The van der Waals surface area contributed by atoms with E-state index in [1.807, 2.05) is 61.5 Å². The Labute approximate surface area is 252 Å². The van der Waals surface area contributed by atoms with Crippen molar-refractivity contribution in [2.24, 2.45) is 0 Å². The zero-order chi connectivity index (χ0) is 31.3. The lowest BCUT2D eigenvalue weighted by molar-refractivity contribution is -0.138. The van der Waals surface area contributed by atoms with E-state index in [1.54, 1.807) is 18.2 Å². The molecule has 44 heavy (non-hydrogen) atoms. The van der Waals surface area contributed by atoms with Crippen LogP contribution in [0.25, 0.3) is 33.4 Å². The molecule has 1 unspecified atom stereocenters. The SMILES string of the molecule is CC(NC(=O)c1ccc2nc(-c3ccc(C(F)(F)F)cc3)c(CCCCC(=O)O)nc2c1)c1cccc(-c2ccccc2)c1. The number of carbonyl (C=O) groups is 2. The van der Waals surface area contributed by atoms with Gasteiger partial charge in [0.15, 0.2) is 0 Å². The van der Waals surface area contributed by atoms with Gasteiger partial charge in [-0.3, -0.25) is 9.59 Å². The maximum absolute atomic E-state index is 13.3. The fourth-order valence-corrected chi connectivity index (χ4v) is 5.00. The molecular formula is C35H30F3N3O3. The number of nitrogens with zero attached hydrogens (tertiary/aromatic N) is 2. The zero-order valence-corrected chi connectivity index (χ0v) is 23.9. The molecule has 0 aliphatic rings. The first-order valence-electron chi connectivity index (χ1n) is 14.2. The number of unbranched alkanes of at least 4 members (excludes halogenated alkanes) is 1. The number of rotatable bonds is 10. The highest BCUT2D eigenvalue weighted by atomic mass is 19.4. The normalized spacial score (nSPS) is 12.2. The molecule has 0 radical (unpaired) electrons. The summed E-state index contributed by atoms with van der Waals surface area (Å²) in [6.07, 6.45) is -3.19. The van der Waals surface area contributed by atoms with Crippen molar-refractivity contribution in [2.45, 2.75) is 44.8 Å². The number of halogens is 3. The number of fused-ring (bicyclic) bond motifs is 1. The number of benzene rings is 4. The maximum atomic E-state index is 13.3. The average Bonchev–Trinajstić information content (AvgIpc) is 3.02. The molecule has 1 aromatic heterocycles. The third-order valence-electron chi connectivity index (χ3n) is 7.38. The largest absolute Gasteiger partial charge is 0.481 e. The lowest BCUT2D eigenvalue weighted by atomic mass is 10.00. The summed E-state index contributed by atoms with van der Waals surface area (Å²) < 4.78 is 39.4. The Bertz CT molecular complexity index is 1790. The Morgan fingerprint density at radius 1 is 0.795 bits per heavy atom. The predicted molar refractivity (Wildman–Crippen MR) is 163 cm³/mol. The van der Waals surface area contributed by atoms with Crippen molar-refractivity contribution in [2.75, 3.05) is 0 Å². The molecule has 0 bridgehead atoms. The summed E-state index contributed by atoms with van der Waals surface area (Å²) in [5.41, 5.74) is 5.04. The first kappa shape index (κ1) is 30.4. The van der Waals surface area contributed by atoms with Crippen LogP contribution in [0.5, 0.6) is 0 Å². The molecule has 0 aliphatic heterocycles. The number of nitrogens with one attached hydrogen (secondary N) is 1. The molecule has 0 spiro atoms. The third kappa shape index (κ3) is 7.29. The van der Waals surface area contributed by atoms with Gasteiger partial charge in [-0.1, -0.05) is 60.7 Å². The van der Waals surface area contributed by atoms with Crippen LogP contribution in [-0.2, 0) is 17.4 Å². The van der Waals surface area contributed by atoms with Crippen LogP contribution in [0.1, 0.15) is 59.4 Å². The van der Waals surface area contributed by atoms with Gasteiger partial charge >= 0.3 is 12.1 Å². The van der Waals surface area contributed by atoms with Gasteiger partial charge in [0.1, 0.15) is 0 Å². The third-order valence-corrected chi connectivity index (χ3v) is 7.38. The van der Waals surface area contributed by atoms with E-state index in [0.29, 0.717) is 52.8 Å². The minimum Gasteiger partial charge on any atom is -0.481 e. The number of aryl methyl sites for hydroxylation is 1. The van der Waals surface area contributed by atoms with Gasteiger partial charge in [-0.05, 0) is 79.3 Å². The Kier molecular flexibility index (Phi) is 9.04. The van der Waals surface area contributed by atoms with E-state index >= 15 is 0 Å². The summed E-state index contributed by atoms with van der Waals surface area (Å²) in [6.45, 7) is 1.91. The second kappa shape index (κ2) is 13.1. The van der Waals surface area contributed by atoms with Crippen LogP contribution in [0, 0.1) is 0 Å². The standard InChI is InChI=1S/C35H30F3N3O3/c1-22(25-10-7-11-26(20-25)23-8-3-2-4-9-23)39-34(44)27-16-19-29-31(21-27)40-30(12-5-6-13-32(42)43)33(41-29)24-14-17-28(18-15-24)35(36,37)38/h2-4,7-11,14-22H,5-6,12-13H2,1H3,(H,39,44)(H,42,43). The van der Waals surface area contributed by atoms with Gasteiger partial charge in [-0.2, -0.15) is 13.2 Å². The van der Waals surface area contributed by atoms with Crippen LogP contribution in [0.15, 0.2) is 97.1 Å². The molecule has 9 heteroatoms. The van der Waals surface area contributed by atoms with Crippen LogP contribution in [-0.4, -0.2) is 27.0 Å². The maximum Gasteiger partial charge on any atom is 0.416 e. The van der Waals surface area contributed by atoms with Gasteiger partial charge in [0.25, 0.3) is 5.91 Å². The summed E-state index contributed by atoms with van der Waals surface area (Å²) in [6, 6.07) is 27.3. The lowest BCUT2D eigenvalue weighted by Gasteiger charge is -2.16. The molecule has 0 saturated heterocycles. The highest BCUT2D eigenvalue weighted by Gasteiger charge is 2.30. The monoisotopic (exact) mass is 597 g/mol. The summed E-state index contributed by atoms with van der Waals surface area (Å²) in [5.74, 6) is -1.20. The van der Waals surface area contributed by atoms with Gasteiger partial charge < -0.3 is 10.4 Å². The second-order valence-corrected chi connectivity index (χ2v) is 10.6. The number of carbonyl (C=O) groups excluding carboxylic acids is 1. The van der Waals surface area contributed by atoms with Gasteiger partial charge in [-0.25, -0.2) is 9.97 Å². The van der Waals surface area contributed by atoms with E-state index in [0.717, 1.165) is 28.8 Å². The molecule has 4 aromatic carbocycles. The van der Waals surface area contributed by atoms with Gasteiger partial charge in [0, 0.05) is 17.5 Å². The van der Waals surface area contributed by atoms with Crippen molar-refractivity contribution in [1.29, 1.82) is 0 Å². The number of hydrogen-bond donors (Lipinski definition) is 2. The Hall–Kier alpha value is -5.05. The molecular weight excluding hydrogens is 567 g/mol. The number of aromatic nitrogens is 2. The second-order valence-electron chi connectivity index (χ2n) is 10.6. The van der Waals surface area contributed by atoms with Crippen LogP contribution in [0.3, 0.4) is 0 Å². The number of amides is 1. The molecule has 0 fully saturated rings. The van der Waals surface area contributed by atoms with Crippen molar-refractivity contribution < 1.29 is 27.9 Å². The number of hydrogen-bond acceptors (Lipinski definition) is 4. The lowest BCUT2D eigenvalue weighted by Crippen LogP contribution is -2.26. The van der Waals surface area contributed by atoms with Crippen LogP contribution in [0.2, 0.25) is 0 Å². The van der Waals surface area contributed by atoms with Crippen molar-refractivity contribution in [3.63, 3.8) is 0 Å². The molecule has 1 atom stereocenters. The van der Waals surface area contributed by atoms with Crippen LogP contribution in [0.4, 0.5) is 13.2 Å². The van der Waals surface area contributed by atoms with E-state index in [-0.39, 0.29) is 18.4 Å². The molecule has 224 valence electrons. The average molecular weight is 598 g/mol. The number of alkyl halides is 3. The van der Waals surface area contributed by atoms with E-state index in [2.05, 4.69) is 5.32 Å². The highest BCUT2D eigenvalue weighted by Crippen LogP contribution is 2.32. The molecule has 5 rings (SSSR count). The fourth-order valence-electron chi connectivity index (χ4n) is 5.00. The highest BCUT2D eigenvalue weighted by molar-refractivity contribution is 5.97. The van der Waals surface area contributed by atoms with Gasteiger partial charge in [0.2, 0.25) is 0 Å². The summed E-state index contributed by atoms with van der Waals surface area (Å²) in [5, 5.41) is 12.0. The predicted octanol–water partition coefficient (Wildman–Crippen LogP) is 8.27. The van der Waals surface area contributed by atoms with Crippen molar-refractivity contribution in [3.8, 4) is 22.4 Å². The van der Waals surface area contributed by atoms with Crippen LogP contribution < -0.4 is 5.32 Å². The molecule has 6 nitrogen and oxygen atoms in total. The molecule has 2 N–H and O–H groups in total. The van der Waals surface area contributed by atoms with Gasteiger partial charge in [-0.15, -0.1) is 0 Å². The van der Waals surface area contributed by atoms with E-state index in [9.17, 15) is 22.8 Å². The number of aliphatic carboxylic acids is 1. The smallest absolute Gasteiger partial charge is 0.416 e. The molecule has 5 aromatic rings. The fraction of sp³-hybridized carbons (Fsp3) is 0.200. The van der Waals surface area contributed by atoms with E-state index in [1.165, 1.54) is 12.1 Å². The molecule has 1 heterocycles. The number of carboxylic acids is 1. The topological polar surface area (TPSA) is 92.2 Å². The summed E-state index contributed by atoms with van der Waals surface area (Å²) in [4.78, 5) is 33.7. The quantitative estimate of drug-likeness (QED) is 0.158. The van der Waals surface area contributed by atoms with E-state index in [4.69, 9.17) is 15.1 Å². The minimum atomic E-state index is -4.47. The van der Waals surface area contributed by atoms with Crippen LogP contribution >= 0.6 is 0 Å². The molecule has 0 saturated carbocycles. The van der Waals surface area contributed by atoms with Gasteiger partial charge in [0.05, 0.1) is 34.0 Å². The Morgan fingerprint density at radius 3 is 2.23 bits per heavy atom. The molecule has 0 aliphatic carbocycles. The van der Waals surface area contributed by atoms with Crippen molar-refractivity contribution >= 4 is 22.9 Å². The molecule has 1 amide bonds.